The quantitative estimate of drug-likeness (QED) is 0.816. The summed E-state index contributed by atoms with van der Waals surface area (Å²) < 4.78 is 0. The van der Waals surface area contributed by atoms with E-state index in [1.165, 1.54) is 21.0 Å². The first kappa shape index (κ1) is 12.2. The van der Waals surface area contributed by atoms with Gasteiger partial charge in [0.15, 0.2) is 0 Å². The van der Waals surface area contributed by atoms with Crippen molar-refractivity contribution in [3.05, 3.63) is 51.7 Å². The number of hydrogen-bond acceptors (Lipinski definition) is 2. The van der Waals surface area contributed by atoms with Gasteiger partial charge in [0.1, 0.15) is 0 Å². The Kier molecular flexibility index (Phi) is 3.85. The van der Waals surface area contributed by atoms with Crippen LogP contribution in [0.4, 0.5) is 5.69 Å². The summed E-state index contributed by atoms with van der Waals surface area (Å²) >= 11 is 1.86. The zero-order chi connectivity index (χ0) is 12.3. The van der Waals surface area contributed by atoms with E-state index in [9.17, 15) is 0 Å². The van der Waals surface area contributed by atoms with Crippen molar-refractivity contribution in [3.63, 3.8) is 0 Å². The number of thiophene rings is 1. The Morgan fingerprint density at radius 3 is 2.71 bits per heavy atom. The van der Waals surface area contributed by atoms with E-state index in [1.54, 1.807) is 0 Å². The summed E-state index contributed by atoms with van der Waals surface area (Å²) in [7, 11) is 0. The second-order valence-electron chi connectivity index (χ2n) is 4.37. The lowest BCUT2D eigenvalue weighted by atomic mass is 10.1. The minimum absolute atomic E-state index is 0.376. The normalized spacial score (nSPS) is 12.4. The largest absolute Gasteiger partial charge is 0.378 e. The topological polar surface area (TPSA) is 12.0 Å². The van der Waals surface area contributed by atoms with Gasteiger partial charge < -0.3 is 5.32 Å². The SMILES string of the molecule is CCc1cccc(NC(C)c2ccc(C)s2)c1. The van der Waals surface area contributed by atoms with Crippen LogP contribution in [-0.2, 0) is 6.42 Å². The van der Waals surface area contributed by atoms with Gasteiger partial charge in [-0.3, -0.25) is 0 Å². The monoisotopic (exact) mass is 245 g/mol. The second kappa shape index (κ2) is 5.37. The molecule has 0 saturated heterocycles. The van der Waals surface area contributed by atoms with Gasteiger partial charge >= 0.3 is 0 Å². The maximum Gasteiger partial charge on any atom is 0.0578 e. The molecule has 1 heterocycles. The number of aryl methyl sites for hydroxylation is 2. The van der Waals surface area contributed by atoms with Gasteiger partial charge in [-0.15, -0.1) is 11.3 Å². The molecular weight excluding hydrogens is 226 g/mol. The van der Waals surface area contributed by atoms with Crippen LogP contribution in [-0.4, -0.2) is 0 Å². The molecule has 2 rings (SSSR count). The third kappa shape index (κ3) is 3.10. The number of benzene rings is 1. The Morgan fingerprint density at radius 2 is 2.06 bits per heavy atom. The fourth-order valence-electron chi connectivity index (χ4n) is 1.89. The third-order valence-electron chi connectivity index (χ3n) is 2.91. The van der Waals surface area contributed by atoms with Crippen molar-refractivity contribution < 1.29 is 0 Å². The Bertz CT molecular complexity index is 487. The minimum Gasteiger partial charge on any atom is -0.378 e. The fourth-order valence-corrected chi connectivity index (χ4v) is 2.77. The number of nitrogens with one attached hydrogen (secondary N) is 1. The standard InChI is InChI=1S/C15H19NS/c1-4-13-6-5-7-14(10-13)16-12(3)15-9-8-11(2)17-15/h5-10,12,16H,4H2,1-3H3. The van der Waals surface area contributed by atoms with E-state index >= 15 is 0 Å². The maximum atomic E-state index is 3.56. The molecule has 1 atom stereocenters. The van der Waals surface area contributed by atoms with E-state index in [-0.39, 0.29) is 0 Å². The van der Waals surface area contributed by atoms with Crippen LogP contribution < -0.4 is 5.32 Å². The van der Waals surface area contributed by atoms with Crippen LogP contribution in [0.1, 0.15) is 35.2 Å². The highest BCUT2D eigenvalue weighted by Crippen LogP contribution is 2.26. The van der Waals surface area contributed by atoms with Crippen molar-refractivity contribution in [1.29, 1.82) is 0 Å². The number of hydrogen-bond donors (Lipinski definition) is 1. The molecular formula is C15H19NS. The van der Waals surface area contributed by atoms with E-state index in [0.717, 1.165) is 6.42 Å². The van der Waals surface area contributed by atoms with Crippen LogP contribution in [0.15, 0.2) is 36.4 Å². The number of rotatable bonds is 4. The molecule has 0 aliphatic heterocycles. The van der Waals surface area contributed by atoms with Crippen LogP contribution in [0.2, 0.25) is 0 Å². The summed E-state index contributed by atoms with van der Waals surface area (Å²) in [5.41, 5.74) is 2.59. The molecule has 0 saturated carbocycles. The van der Waals surface area contributed by atoms with Crippen molar-refractivity contribution in [2.24, 2.45) is 0 Å². The molecule has 0 spiro atoms. The Hall–Kier alpha value is -1.28. The minimum atomic E-state index is 0.376. The summed E-state index contributed by atoms with van der Waals surface area (Å²) in [6.07, 6.45) is 1.09. The molecule has 0 bridgehead atoms. The first-order valence-electron chi connectivity index (χ1n) is 6.11. The maximum absolute atomic E-state index is 3.56. The molecule has 90 valence electrons. The molecule has 0 amide bonds. The smallest absolute Gasteiger partial charge is 0.0578 e. The molecule has 0 radical (unpaired) electrons. The molecule has 0 fully saturated rings. The average Bonchev–Trinajstić information content (AvgIpc) is 2.76. The Morgan fingerprint density at radius 1 is 1.24 bits per heavy atom. The zero-order valence-electron chi connectivity index (χ0n) is 10.7. The lowest BCUT2D eigenvalue weighted by molar-refractivity contribution is 0.907. The van der Waals surface area contributed by atoms with Gasteiger partial charge in [-0.05, 0) is 50.1 Å². The first-order valence-corrected chi connectivity index (χ1v) is 6.92. The van der Waals surface area contributed by atoms with Crippen LogP contribution in [0.25, 0.3) is 0 Å². The van der Waals surface area contributed by atoms with E-state index in [4.69, 9.17) is 0 Å². The van der Waals surface area contributed by atoms with Crippen LogP contribution in [0.5, 0.6) is 0 Å². The highest BCUT2D eigenvalue weighted by molar-refractivity contribution is 7.12. The fraction of sp³-hybridized carbons (Fsp3) is 0.333. The van der Waals surface area contributed by atoms with Crippen molar-refractivity contribution in [2.45, 2.75) is 33.2 Å². The summed E-state index contributed by atoms with van der Waals surface area (Å²) in [6, 6.07) is 13.4. The van der Waals surface area contributed by atoms with Crippen LogP contribution >= 0.6 is 11.3 Å². The van der Waals surface area contributed by atoms with Crippen LogP contribution in [0.3, 0.4) is 0 Å². The molecule has 1 N–H and O–H groups in total. The Balaban J connectivity index is 2.09. The third-order valence-corrected chi connectivity index (χ3v) is 4.09. The van der Waals surface area contributed by atoms with Crippen molar-refractivity contribution in [3.8, 4) is 0 Å². The van der Waals surface area contributed by atoms with Crippen molar-refractivity contribution >= 4 is 17.0 Å². The summed E-state index contributed by atoms with van der Waals surface area (Å²) in [5, 5.41) is 3.56. The molecule has 1 nitrogen and oxygen atoms in total. The molecule has 1 aromatic heterocycles. The van der Waals surface area contributed by atoms with Gasteiger partial charge in [-0.1, -0.05) is 19.1 Å². The molecule has 2 aromatic rings. The predicted molar refractivity (Wildman–Crippen MR) is 76.9 cm³/mol. The zero-order valence-corrected chi connectivity index (χ0v) is 11.5. The highest BCUT2D eigenvalue weighted by atomic mass is 32.1. The molecule has 1 unspecified atom stereocenters. The molecule has 0 aliphatic carbocycles. The molecule has 17 heavy (non-hydrogen) atoms. The van der Waals surface area contributed by atoms with Crippen LogP contribution in [0, 0.1) is 6.92 Å². The van der Waals surface area contributed by atoms with E-state index in [2.05, 4.69) is 62.5 Å². The van der Waals surface area contributed by atoms with Crippen molar-refractivity contribution in [1.82, 2.24) is 0 Å². The summed E-state index contributed by atoms with van der Waals surface area (Å²) in [4.78, 5) is 2.76. The van der Waals surface area contributed by atoms with E-state index < -0.39 is 0 Å². The van der Waals surface area contributed by atoms with E-state index in [0.29, 0.717) is 6.04 Å². The lowest BCUT2D eigenvalue weighted by Crippen LogP contribution is -2.04. The summed E-state index contributed by atoms with van der Waals surface area (Å²) in [6.45, 7) is 6.55. The van der Waals surface area contributed by atoms with Crippen molar-refractivity contribution in [2.75, 3.05) is 5.32 Å². The Labute approximate surface area is 108 Å². The van der Waals surface area contributed by atoms with Gasteiger partial charge in [-0.2, -0.15) is 0 Å². The van der Waals surface area contributed by atoms with Gasteiger partial charge in [0.2, 0.25) is 0 Å². The first-order chi connectivity index (χ1) is 8.19. The summed E-state index contributed by atoms with van der Waals surface area (Å²) in [5.74, 6) is 0. The van der Waals surface area contributed by atoms with Gasteiger partial charge in [0.25, 0.3) is 0 Å². The number of anilines is 1. The molecule has 0 aliphatic rings. The van der Waals surface area contributed by atoms with Gasteiger partial charge in [-0.25, -0.2) is 0 Å². The van der Waals surface area contributed by atoms with Gasteiger partial charge in [0, 0.05) is 15.4 Å². The highest BCUT2D eigenvalue weighted by Gasteiger charge is 2.07. The molecule has 2 heteroatoms. The molecule has 1 aromatic carbocycles. The van der Waals surface area contributed by atoms with Gasteiger partial charge in [0.05, 0.1) is 6.04 Å². The second-order valence-corrected chi connectivity index (χ2v) is 5.69. The average molecular weight is 245 g/mol. The lowest BCUT2D eigenvalue weighted by Gasteiger charge is -2.14. The predicted octanol–water partition coefficient (Wildman–Crippen LogP) is 4.79. The van der Waals surface area contributed by atoms with E-state index in [1.807, 2.05) is 11.3 Å².